The third kappa shape index (κ3) is 3.41. The number of aliphatic imine (C=N–C) groups is 1. The van der Waals surface area contributed by atoms with Crippen LogP contribution >= 0.6 is 11.3 Å². The normalized spacial score (nSPS) is 21.1. The van der Waals surface area contributed by atoms with Crippen molar-refractivity contribution < 1.29 is 0 Å². The lowest BCUT2D eigenvalue weighted by atomic mass is 10.1. The molecule has 2 atom stereocenters. The zero-order valence-corrected chi connectivity index (χ0v) is 14.1. The van der Waals surface area contributed by atoms with Crippen LogP contribution in [0.25, 0.3) is 10.2 Å². The number of nitrogen functional groups attached to an aromatic ring is 1. The average Bonchev–Trinajstić information content (AvgIpc) is 3.18. The molecule has 6 nitrogen and oxygen atoms in total. The van der Waals surface area contributed by atoms with Crippen molar-refractivity contribution in [2.45, 2.75) is 19.0 Å². The monoisotopic (exact) mass is 338 g/mol. The van der Waals surface area contributed by atoms with E-state index in [9.17, 15) is 0 Å². The number of nitrogens with zero attached hydrogens (tertiary/aromatic N) is 4. The number of thiazole rings is 1. The smallest absolute Gasteiger partial charge is 0.181 e. The minimum absolute atomic E-state index is 0.0122. The van der Waals surface area contributed by atoms with Gasteiger partial charge < -0.3 is 5.73 Å². The highest BCUT2D eigenvalue weighted by Gasteiger charge is 2.19. The molecule has 0 amide bonds. The van der Waals surface area contributed by atoms with Crippen molar-refractivity contribution in [2.75, 3.05) is 5.73 Å². The summed E-state index contributed by atoms with van der Waals surface area (Å²) < 4.78 is 1.05. The molecule has 122 valence electrons. The second-order valence-electron chi connectivity index (χ2n) is 5.19. The first-order valence-corrected chi connectivity index (χ1v) is 8.34. The molecule has 2 aromatic rings. The van der Waals surface area contributed by atoms with E-state index < -0.39 is 0 Å². The zero-order valence-electron chi connectivity index (χ0n) is 13.3. The second kappa shape index (κ2) is 7.18. The molecule has 0 fully saturated rings. The first kappa shape index (κ1) is 16.1. The lowest BCUT2D eigenvalue weighted by Crippen LogP contribution is -2.26. The highest BCUT2D eigenvalue weighted by molar-refractivity contribution is 7.22. The van der Waals surface area contributed by atoms with Crippen LogP contribution in [0.4, 0.5) is 5.13 Å². The summed E-state index contributed by atoms with van der Waals surface area (Å²) in [6, 6.07) is 5.94. The molecule has 7 heteroatoms. The number of hydrogen-bond acceptors (Lipinski definition) is 7. The number of allylic oxidation sites excluding steroid dienone is 2. The molecule has 1 aromatic carbocycles. The number of anilines is 1. The van der Waals surface area contributed by atoms with E-state index in [0.29, 0.717) is 5.13 Å². The van der Waals surface area contributed by atoms with E-state index in [1.807, 2.05) is 37.3 Å². The maximum absolute atomic E-state index is 5.77. The summed E-state index contributed by atoms with van der Waals surface area (Å²) in [4.78, 5) is 8.85. The molecule has 3 N–H and O–H groups in total. The van der Waals surface area contributed by atoms with Gasteiger partial charge in [-0.25, -0.2) is 4.98 Å². The predicted molar refractivity (Wildman–Crippen MR) is 100 cm³/mol. The molecule has 2 heterocycles. The Morgan fingerprint density at radius 1 is 1.46 bits per heavy atom. The van der Waals surface area contributed by atoms with Gasteiger partial charge in [-0.2, -0.15) is 5.11 Å². The molecular formula is C17H18N6S. The van der Waals surface area contributed by atoms with Crippen molar-refractivity contribution in [3.63, 3.8) is 0 Å². The maximum Gasteiger partial charge on any atom is 0.181 e. The third-order valence-electron chi connectivity index (χ3n) is 3.54. The van der Waals surface area contributed by atoms with Crippen LogP contribution in [0.5, 0.6) is 0 Å². The number of fused-ring (bicyclic) bond motifs is 1. The van der Waals surface area contributed by atoms with Gasteiger partial charge >= 0.3 is 0 Å². The van der Waals surface area contributed by atoms with Gasteiger partial charge in [-0.05, 0) is 31.2 Å². The minimum Gasteiger partial charge on any atom is -0.375 e. The lowest BCUT2D eigenvalue weighted by molar-refractivity contribution is 0.665. The number of hydrogen-bond donors (Lipinski definition) is 2. The number of rotatable bonds is 5. The van der Waals surface area contributed by atoms with E-state index in [2.05, 4.69) is 38.4 Å². The van der Waals surface area contributed by atoms with E-state index >= 15 is 0 Å². The summed E-state index contributed by atoms with van der Waals surface area (Å²) >= 11 is 1.47. The largest absolute Gasteiger partial charge is 0.375 e. The van der Waals surface area contributed by atoms with Crippen molar-refractivity contribution in [2.24, 2.45) is 15.3 Å². The molecule has 0 aliphatic carbocycles. The van der Waals surface area contributed by atoms with E-state index in [1.54, 1.807) is 12.3 Å². The molecule has 2 unspecified atom stereocenters. The Balaban J connectivity index is 1.87. The van der Waals surface area contributed by atoms with Gasteiger partial charge in [-0.1, -0.05) is 34.8 Å². The van der Waals surface area contributed by atoms with Crippen LogP contribution in [0.1, 0.15) is 12.5 Å². The van der Waals surface area contributed by atoms with Crippen molar-refractivity contribution in [3.05, 3.63) is 60.8 Å². The number of benzene rings is 1. The third-order valence-corrected chi connectivity index (χ3v) is 4.39. The van der Waals surface area contributed by atoms with Crippen molar-refractivity contribution in [1.29, 1.82) is 0 Å². The highest BCUT2D eigenvalue weighted by Crippen LogP contribution is 2.25. The SMILES string of the molecule is C=CC1NN=NC1/C=C/N=C(/C=C/C)c1ccc2nc(N)sc2c1. The summed E-state index contributed by atoms with van der Waals surface area (Å²) in [5, 5.41) is 8.48. The molecule has 0 bridgehead atoms. The summed E-state index contributed by atoms with van der Waals surface area (Å²) in [6.45, 7) is 5.73. The van der Waals surface area contributed by atoms with Crippen molar-refractivity contribution >= 4 is 32.4 Å². The van der Waals surface area contributed by atoms with Gasteiger partial charge in [0.1, 0.15) is 6.04 Å². The Kier molecular flexibility index (Phi) is 4.81. The molecular weight excluding hydrogens is 320 g/mol. The maximum atomic E-state index is 5.77. The van der Waals surface area contributed by atoms with Gasteiger partial charge in [0.25, 0.3) is 0 Å². The van der Waals surface area contributed by atoms with E-state index in [1.165, 1.54) is 11.3 Å². The fourth-order valence-electron chi connectivity index (χ4n) is 2.35. The zero-order chi connectivity index (χ0) is 16.9. The van der Waals surface area contributed by atoms with Crippen LogP contribution in [0, 0.1) is 0 Å². The number of nitrogens with one attached hydrogen (secondary N) is 1. The number of aromatic nitrogens is 1. The highest BCUT2D eigenvalue weighted by atomic mass is 32.1. The Hall–Kier alpha value is -2.80. The minimum atomic E-state index is -0.0816. The van der Waals surface area contributed by atoms with Crippen LogP contribution in [0.2, 0.25) is 0 Å². The summed E-state index contributed by atoms with van der Waals surface area (Å²) in [5.74, 6) is 0. The summed E-state index contributed by atoms with van der Waals surface area (Å²) in [6.07, 6.45) is 9.38. The van der Waals surface area contributed by atoms with Gasteiger partial charge in [0, 0.05) is 11.8 Å². The van der Waals surface area contributed by atoms with Crippen LogP contribution in [0.15, 0.2) is 70.6 Å². The van der Waals surface area contributed by atoms with Crippen molar-refractivity contribution in [3.8, 4) is 0 Å². The second-order valence-corrected chi connectivity index (χ2v) is 6.25. The van der Waals surface area contributed by atoms with Gasteiger partial charge in [0.15, 0.2) is 5.13 Å². The fraction of sp³-hybridized carbons (Fsp3) is 0.176. The molecule has 3 rings (SSSR count). The first-order valence-electron chi connectivity index (χ1n) is 7.53. The number of nitrogens with two attached hydrogens (primary N) is 1. The Morgan fingerprint density at radius 3 is 3.12 bits per heavy atom. The molecule has 1 aliphatic heterocycles. The summed E-state index contributed by atoms with van der Waals surface area (Å²) in [5.41, 5.74) is 11.4. The molecule has 0 saturated carbocycles. The topological polar surface area (TPSA) is 88.0 Å². The van der Waals surface area contributed by atoms with Gasteiger partial charge in [0.05, 0.1) is 22.0 Å². The Labute approximate surface area is 144 Å². The van der Waals surface area contributed by atoms with Crippen LogP contribution in [0.3, 0.4) is 0 Å². The molecule has 0 radical (unpaired) electrons. The Morgan fingerprint density at radius 2 is 2.33 bits per heavy atom. The predicted octanol–water partition coefficient (Wildman–Crippen LogP) is 3.65. The van der Waals surface area contributed by atoms with Crippen LogP contribution < -0.4 is 11.2 Å². The summed E-state index contributed by atoms with van der Waals surface area (Å²) in [7, 11) is 0. The van der Waals surface area contributed by atoms with E-state index in [-0.39, 0.29) is 12.1 Å². The Bertz CT molecular complexity index is 861. The van der Waals surface area contributed by atoms with Gasteiger partial charge in [-0.15, -0.1) is 6.58 Å². The van der Waals surface area contributed by atoms with Crippen LogP contribution in [-0.2, 0) is 0 Å². The van der Waals surface area contributed by atoms with Gasteiger partial charge in [-0.3, -0.25) is 10.4 Å². The van der Waals surface area contributed by atoms with Crippen LogP contribution in [-0.4, -0.2) is 22.8 Å². The average molecular weight is 338 g/mol. The van der Waals surface area contributed by atoms with Crippen molar-refractivity contribution in [1.82, 2.24) is 10.4 Å². The molecule has 1 aromatic heterocycles. The fourth-order valence-corrected chi connectivity index (χ4v) is 3.12. The first-order chi connectivity index (χ1) is 11.7. The molecule has 0 spiro atoms. The van der Waals surface area contributed by atoms with E-state index in [4.69, 9.17) is 5.73 Å². The lowest BCUT2D eigenvalue weighted by Gasteiger charge is -2.06. The van der Waals surface area contributed by atoms with Gasteiger partial charge in [0.2, 0.25) is 0 Å². The standard InChI is InChI=1S/C17H18N6S/c1-3-5-13(19-9-8-14-12(4-2)21-23-22-14)11-6-7-15-16(10-11)24-17(18)20-15/h3-10,12,14H,2H2,1H3,(H2,18,20)(H,21,22)/b5-3+,9-8+,19-13-. The quantitative estimate of drug-likeness (QED) is 0.644. The molecule has 24 heavy (non-hydrogen) atoms. The van der Waals surface area contributed by atoms with E-state index in [0.717, 1.165) is 21.5 Å². The molecule has 1 aliphatic rings. The molecule has 0 saturated heterocycles.